The number of anilines is 1. The van der Waals surface area contributed by atoms with Crippen LogP contribution in [0.25, 0.3) is 0 Å². The van der Waals surface area contributed by atoms with Gasteiger partial charge in [0, 0.05) is 19.2 Å². The zero-order chi connectivity index (χ0) is 22.0. The summed E-state index contributed by atoms with van der Waals surface area (Å²) in [5.74, 6) is -0.666. The largest absolute Gasteiger partial charge is 0.452 e. The molecule has 1 aliphatic heterocycles. The fraction of sp³-hybridized carbons (Fsp3) is 0.500. The zero-order valence-corrected chi connectivity index (χ0v) is 18.1. The van der Waals surface area contributed by atoms with E-state index in [2.05, 4.69) is 22.8 Å². The lowest BCUT2D eigenvalue weighted by Gasteiger charge is -2.31. The van der Waals surface area contributed by atoms with Crippen molar-refractivity contribution in [2.24, 2.45) is 5.92 Å². The number of alkyl halides is 3. The van der Waals surface area contributed by atoms with Crippen LogP contribution in [-0.2, 0) is 6.42 Å². The molecule has 2 heterocycles. The second-order valence-corrected chi connectivity index (χ2v) is 9.21. The summed E-state index contributed by atoms with van der Waals surface area (Å²) in [6, 6.07) is 9.55. The highest BCUT2D eigenvalue weighted by atomic mass is 32.2. The molecule has 2 amide bonds. The van der Waals surface area contributed by atoms with Crippen molar-refractivity contribution in [3.63, 3.8) is 0 Å². The lowest BCUT2D eigenvalue weighted by Crippen LogP contribution is -2.35. The fourth-order valence-corrected chi connectivity index (χ4v) is 5.23. The van der Waals surface area contributed by atoms with E-state index < -0.39 is 12.1 Å². The van der Waals surface area contributed by atoms with Crippen LogP contribution in [0.4, 0.5) is 23.7 Å². The van der Waals surface area contributed by atoms with Gasteiger partial charge in [0.15, 0.2) is 5.09 Å². The van der Waals surface area contributed by atoms with Crippen LogP contribution in [0.1, 0.15) is 48.6 Å². The number of nitrogens with zero attached hydrogens (tertiary/aromatic N) is 1. The molecule has 2 aromatic rings. The predicted octanol–water partition coefficient (Wildman–Crippen LogP) is 6.07. The Balaban J connectivity index is 1.32. The van der Waals surface area contributed by atoms with Gasteiger partial charge in [-0.15, -0.1) is 0 Å². The number of piperidine rings is 1. The number of fused-ring (bicyclic) bond motifs is 1. The molecular weight excluding hydrogens is 427 g/mol. The SMILES string of the molecule is Cc1oc(SN2CCC(C(F)(F)F)CC2)cc1NC(=O)N[C@@H]1CCCc2ccccc21. The maximum atomic E-state index is 12.8. The number of amides is 2. The molecule has 1 saturated heterocycles. The predicted molar refractivity (Wildman–Crippen MR) is 114 cm³/mol. The minimum atomic E-state index is -4.12. The highest BCUT2D eigenvalue weighted by molar-refractivity contribution is 7.96. The third kappa shape index (κ3) is 5.38. The topological polar surface area (TPSA) is 57.5 Å². The van der Waals surface area contributed by atoms with E-state index in [0.29, 0.717) is 29.6 Å². The van der Waals surface area contributed by atoms with Crippen LogP contribution in [0, 0.1) is 12.8 Å². The second kappa shape index (κ2) is 9.16. The van der Waals surface area contributed by atoms with Crippen LogP contribution < -0.4 is 10.6 Å². The maximum absolute atomic E-state index is 12.8. The molecule has 0 unspecified atom stereocenters. The van der Waals surface area contributed by atoms with E-state index in [1.807, 2.05) is 16.4 Å². The van der Waals surface area contributed by atoms with Crippen molar-refractivity contribution in [3.05, 3.63) is 47.2 Å². The number of carbonyl (C=O) groups excluding carboxylic acids is 1. The third-order valence-electron chi connectivity index (χ3n) is 5.95. The molecule has 168 valence electrons. The van der Waals surface area contributed by atoms with Gasteiger partial charge in [0.25, 0.3) is 0 Å². The minimum Gasteiger partial charge on any atom is -0.452 e. The molecule has 4 rings (SSSR count). The molecule has 1 aliphatic carbocycles. The van der Waals surface area contributed by atoms with Gasteiger partial charge in [-0.3, -0.25) is 0 Å². The number of hydrogen-bond acceptors (Lipinski definition) is 4. The van der Waals surface area contributed by atoms with E-state index in [4.69, 9.17) is 4.42 Å². The van der Waals surface area contributed by atoms with Crippen LogP contribution in [-0.4, -0.2) is 29.6 Å². The molecule has 0 saturated carbocycles. The molecule has 1 fully saturated rings. The Morgan fingerprint density at radius 3 is 2.68 bits per heavy atom. The Labute approximate surface area is 183 Å². The standard InChI is InChI=1S/C22H26F3N3O2S/c1-14-19(13-20(30-14)31-28-11-9-16(10-12-28)22(23,24)25)27-21(29)26-18-8-4-6-15-5-2-3-7-17(15)18/h2-3,5,7,13,16,18H,4,6,8-12H2,1H3,(H2,26,27,29)/t18-/m1/s1. The Bertz CT molecular complexity index is 923. The molecule has 2 aliphatic rings. The second-order valence-electron chi connectivity index (χ2n) is 8.11. The van der Waals surface area contributed by atoms with Gasteiger partial charge in [-0.2, -0.15) is 13.2 Å². The summed E-state index contributed by atoms with van der Waals surface area (Å²) in [4.78, 5) is 12.6. The molecule has 2 N–H and O–H groups in total. The van der Waals surface area contributed by atoms with Crippen molar-refractivity contribution in [1.82, 2.24) is 9.62 Å². The fourth-order valence-electron chi connectivity index (χ4n) is 4.25. The van der Waals surface area contributed by atoms with E-state index in [9.17, 15) is 18.0 Å². The Morgan fingerprint density at radius 1 is 1.19 bits per heavy atom. The Morgan fingerprint density at radius 2 is 1.94 bits per heavy atom. The molecule has 5 nitrogen and oxygen atoms in total. The van der Waals surface area contributed by atoms with Gasteiger partial charge in [0.1, 0.15) is 5.76 Å². The number of hydrogen-bond donors (Lipinski definition) is 2. The van der Waals surface area contributed by atoms with Crippen molar-refractivity contribution in [1.29, 1.82) is 0 Å². The molecule has 1 aromatic carbocycles. The first kappa shape index (κ1) is 22.1. The first-order chi connectivity index (χ1) is 14.8. The van der Waals surface area contributed by atoms with Crippen molar-refractivity contribution in [3.8, 4) is 0 Å². The number of rotatable bonds is 4. The Hall–Kier alpha value is -2.13. The third-order valence-corrected chi connectivity index (χ3v) is 6.96. The number of halogens is 3. The number of benzene rings is 1. The molecule has 0 bridgehead atoms. The van der Waals surface area contributed by atoms with Crippen LogP contribution in [0.3, 0.4) is 0 Å². The average molecular weight is 454 g/mol. The summed E-state index contributed by atoms with van der Waals surface area (Å²) >= 11 is 1.29. The number of urea groups is 1. The van der Waals surface area contributed by atoms with E-state index in [1.165, 1.54) is 17.5 Å². The van der Waals surface area contributed by atoms with Gasteiger partial charge in [-0.1, -0.05) is 24.3 Å². The van der Waals surface area contributed by atoms with Crippen LogP contribution >= 0.6 is 11.9 Å². The van der Waals surface area contributed by atoms with Gasteiger partial charge in [0.05, 0.1) is 17.6 Å². The molecule has 9 heteroatoms. The number of aryl methyl sites for hydroxylation is 2. The van der Waals surface area contributed by atoms with Gasteiger partial charge in [-0.25, -0.2) is 9.10 Å². The van der Waals surface area contributed by atoms with Gasteiger partial charge >= 0.3 is 12.2 Å². The molecule has 0 radical (unpaired) electrons. The summed E-state index contributed by atoms with van der Waals surface area (Å²) in [6.45, 7) is 2.45. The molecular formula is C22H26F3N3O2S. The minimum absolute atomic E-state index is 0.0269. The lowest BCUT2D eigenvalue weighted by atomic mass is 9.88. The highest BCUT2D eigenvalue weighted by Gasteiger charge is 2.41. The molecule has 1 atom stereocenters. The van der Waals surface area contributed by atoms with Crippen molar-refractivity contribution in [2.75, 3.05) is 18.4 Å². The Kier molecular flexibility index (Phi) is 6.52. The first-order valence-electron chi connectivity index (χ1n) is 10.5. The van der Waals surface area contributed by atoms with Crippen LogP contribution in [0.15, 0.2) is 39.8 Å². The van der Waals surface area contributed by atoms with Gasteiger partial charge in [-0.05, 0) is 62.1 Å². The molecule has 31 heavy (non-hydrogen) atoms. The normalized spacial score (nSPS) is 20.3. The maximum Gasteiger partial charge on any atom is 0.391 e. The molecule has 1 aromatic heterocycles. The lowest BCUT2D eigenvalue weighted by molar-refractivity contribution is -0.182. The van der Waals surface area contributed by atoms with Gasteiger partial charge < -0.3 is 15.1 Å². The number of furan rings is 1. The molecule has 0 spiro atoms. The summed E-state index contributed by atoms with van der Waals surface area (Å²) < 4.78 is 46.1. The van der Waals surface area contributed by atoms with E-state index in [1.54, 1.807) is 13.0 Å². The summed E-state index contributed by atoms with van der Waals surface area (Å²) in [5.41, 5.74) is 2.99. The van der Waals surface area contributed by atoms with E-state index in [0.717, 1.165) is 24.8 Å². The van der Waals surface area contributed by atoms with Crippen molar-refractivity contribution < 1.29 is 22.4 Å². The smallest absolute Gasteiger partial charge is 0.391 e. The monoisotopic (exact) mass is 453 g/mol. The van der Waals surface area contributed by atoms with E-state index in [-0.39, 0.29) is 24.9 Å². The van der Waals surface area contributed by atoms with Crippen LogP contribution in [0.2, 0.25) is 0 Å². The first-order valence-corrected chi connectivity index (χ1v) is 11.3. The highest BCUT2D eigenvalue weighted by Crippen LogP contribution is 2.38. The van der Waals surface area contributed by atoms with Crippen molar-refractivity contribution >= 4 is 23.7 Å². The van der Waals surface area contributed by atoms with Gasteiger partial charge in [0.2, 0.25) is 0 Å². The quantitative estimate of drug-likeness (QED) is 0.552. The zero-order valence-electron chi connectivity index (χ0n) is 17.3. The summed E-state index contributed by atoms with van der Waals surface area (Å²) in [5, 5.41) is 6.45. The summed E-state index contributed by atoms with van der Waals surface area (Å²) in [6.07, 6.45) is -1.000. The van der Waals surface area contributed by atoms with E-state index >= 15 is 0 Å². The average Bonchev–Trinajstić information content (AvgIpc) is 3.06. The number of nitrogens with one attached hydrogen (secondary N) is 2. The summed E-state index contributed by atoms with van der Waals surface area (Å²) in [7, 11) is 0. The van der Waals surface area contributed by atoms with Crippen molar-refractivity contribution in [2.45, 2.75) is 56.3 Å². The number of carbonyl (C=O) groups is 1. The van der Waals surface area contributed by atoms with Crippen LogP contribution in [0.5, 0.6) is 0 Å².